The summed E-state index contributed by atoms with van der Waals surface area (Å²) in [6.07, 6.45) is 0.0509. The van der Waals surface area contributed by atoms with Crippen LogP contribution >= 0.6 is 0 Å². The van der Waals surface area contributed by atoms with Crippen LogP contribution in [0.25, 0.3) is 0 Å². The lowest BCUT2D eigenvalue weighted by molar-refractivity contribution is -0.0469. The largest absolute Gasteiger partial charge is 0.473 e. The van der Waals surface area contributed by atoms with Gasteiger partial charge in [0, 0.05) is 23.3 Å². The third-order valence-electron chi connectivity index (χ3n) is 6.15. The first kappa shape index (κ1) is 22.4. The summed E-state index contributed by atoms with van der Waals surface area (Å²) < 4.78 is 18.9. The summed E-state index contributed by atoms with van der Waals surface area (Å²) in [5.74, 6) is 0.685. The van der Waals surface area contributed by atoms with Gasteiger partial charge >= 0.3 is 0 Å². The quantitative estimate of drug-likeness (QED) is 0.352. The topological polar surface area (TPSA) is 47.9 Å². The van der Waals surface area contributed by atoms with E-state index in [-0.39, 0.29) is 6.61 Å². The van der Waals surface area contributed by atoms with Crippen molar-refractivity contribution in [2.24, 2.45) is 0 Å². The van der Waals surface area contributed by atoms with Crippen LogP contribution in [-0.2, 0) is 21.5 Å². The highest BCUT2D eigenvalue weighted by atomic mass is 16.7. The molecule has 172 valence electrons. The highest BCUT2D eigenvalue weighted by molar-refractivity contribution is 5.50. The molecule has 0 spiro atoms. The van der Waals surface area contributed by atoms with E-state index in [1.54, 1.807) is 0 Å². The van der Waals surface area contributed by atoms with Crippen LogP contribution in [0.4, 0.5) is 0 Å². The van der Waals surface area contributed by atoms with Crippen molar-refractivity contribution in [1.82, 2.24) is 0 Å². The van der Waals surface area contributed by atoms with Crippen LogP contribution in [0, 0.1) is 0 Å². The van der Waals surface area contributed by atoms with E-state index in [0.29, 0.717) is 25.4 Å². The average molecular weight is 453 g/mol. The van der Waals surface area contributed by atoms with Crippen LogP contribution in [0.2, 0.25) is 0 Å². The Morgan fingerprint density at radius 2 is 1.21 bits per heavy atom. The second kappa shape index (κ2) is 10.2. The smallest absolute Gasteiger partial charge is 0.187 e. The summed E-state index contributed by atoms with van der Waals surface area (Å²) in [4.78, 5) is 0. The molecule has 0 aliphatic carbocycles. The molecule has 0 aromatic heterocycles. The van der Waals surface area contributed by atoms with Gasteiger partial charge in [-0.3, -0.25) is 0 Å². The highest BCUT2D eigenvalue weighted by Crippen LogP contribution is 2.44. The van der Waals surface area contributed by atoms with Gasteiger partial charge in [0.05, 0.1) is 18.8 Å². The molecule has 1 aliphatic rings. The van der Waals surface area contributed by atoms with Crippen molar-refractivity contribution >= 4 is 0 Å². The van der Waals surface area contributed by atoms with E-state index < -0.39 is 11.9 Å². The predicted octanol–water partition coefficient (Wildman–Crippen LogP) is 5.64. The molecule has 4 aromatic rings. The highest BCUT2D eigenvalue weighted by Gasteiger charge is 2.40. The minimum Gasteiger partial charge on any atom is -0.473 e. The van der Waals surface area contributed by atoms with Crippen LogP contribution in [0.3, 0.4) is 0 Å². The Balaban J connectivity index is 1.73. The van der Waals surface area contributed by atoms with Crippen LogP contribution in [0.15, 0.2) is 109 Å². The number of aliphatic hydroxyl groups is 1. The Labute approximate surface area is 200 Å². The summed E-state index contributed by atoms with van der Waals surface area (Å²) in [6, 6.07) is 36.8. The summed E-state index contributed by atoms with van der Waals surface area (Å²) in [6.45, 7) is 1.15. The van der Waals surface area contributed by atoms with Gasteiger partial charge in [0.1, 0.15) is 5.75 Å². The zero-order valence-electron chi connectivity index (χ0n) is 19.0. The van der Waals surface area contributed by atoms with Gasteiger partial charge in [-0.05, 0) is 24.1 Å². The second-order valence-corrected chi connectivity index (χ2v) is 8.30. The molecular formula is C30H28O4. The fourth-order valence-electron chi connectivity index (χ4n) is 4.56. The Morgan fingerprint density at radius 3 is 1.68 bits per heavy atom. The average Bonchev–Trinajstić information content (AvgIpc) is 3.45. The van der Waals surface area contributed by atoms with E-state index in [1.807, 2.05) is 72.8 Å². The van der Waals surface area contributed by atoms with Gasteiger partial charge in [0.15, 0.2) is 11.9 Å². The minimum absolute atomic E-state index is 0.0774. The maximum absolute atomic E-state index is 9.48. The lowest BCUT2D eigenvalue weighted by Gasteiger charge is -2.37. The molecule has 0 radical (unpaired) electrons. The Kier molecular flexibility index (Phi) is 6.72. The Bertz CT molecular complexity index is 1090. The van der Waals surface area contributed by atoms with Gasteiger partial charge in [-0.1, -0.05) is 97.1 Å². The summed E-state index contributed by atoms with van der Waals surface area (Å²) in [7, 11) is 0. The fraction of sp³-hybridized carbons (Fsp3) is 0.200. The van der Waals surface area contributed by atoms with Gasteiger partial charge in [-0.2, -0.15) is 0 Å². The SMILES string of the molecule is OCCc1ccc(OC(c2ccccc2)(c2ccccc2)c2ccccc2)c(C2OCCO2)c1. The molecule has 4 nitrogen and oxygen atoms in total. The standard InChI is InChI=1S/C30H28O4/c31-19-18-23-16-17-28(27(22-23)29-32-20-21-33-29)34-30(24-10-4-1-5-11-24,25-12-6-2-7-13-25)26-14-8-3-9-15-26/h1-17,22,29,31H,18-21H2. The van der Waals surface area contributed by atoms with E-state index in [9.17, 15) is 5.11 Å². The maximum atomic E-state index is 9.48. The normalized spacial score (nSPS) is 14.3. The van der Waals surface area contributed by atoms with E-state index in [2.05, 4.69) is 36.4 Å². The number of benzene rings is 4. The van der Waals surface area contributed by atoms with Crippen LogP contribution < -0.4 is 4.74 Å². The molecule has 0 bridgehead atoms. The van der Waals surface area contributed by atoms with Crippen molar-refractivity contribution < 1.29 is 19.3 Å². The number of rotatable bonds is 8. The third kappa shape index (κ3) is 4.36. The molecule has 0 saturated carbocycles. The van der Waals surface area contributed by atoms with Crippen LogP contribution in [0.5, 0.6) is 5.75 Å². The third-order valence-corrected chi connectivity index (χ3v) is 6.15. The van der Waals surface area contributed by atoms with E-state index >= 15 is 0 Å². The zero-order chi connectivity index (χ0) is 23.2. The molecule has 1 aliphatic heterocycles. The van der Waals surface area contributed by atoms with Crippen molar-refractivity contribution in [3.8, 4) is 5.75 Å². The van der Waals surface area contributed by atoms with Crippen molar-refractivity contribution in [3.63, 3.8) is 0 Å². The molecule has 1 N–H and O–H groups in total. The molecule has 1 saturated heterocycles. The van der Waals surface area contributed by atoms with Gasteiger partial charge in [0.2, 0.25) is 0 Å². The van der Waals surface area contributed by atoms with Crippen LogP contribution in [-0.4, -0.2) is 24.9 Å². The summed E-state index contributed by atoms with van der Waals surface area (Å²) in [5.41, 5.74) is 4.00. The zero-order valence-corrected chi connectivity index (χ0v) is 19.0. The molecule has 0 unspecified atom stereocenters. The Morgan fingerprint density at radius 1 is 0.706 bits per heavy atom. The second-order valence-electron chi connectivity index (χ2n) is 8.30. The molecular weight excluding hydrogens is 424 g/mol. The van der Waals surface area contributed by atoms with Gasteiger partial charge < -0.3 is 19.3 Å². The maximum Gasteiger partial charge on any atom is 0.187 e. The summed E-state index contributed by atoms with van der Waals surface area (Å²) >= 11 is 0. The molecule has 4 aromatic carbocycles. The van der Waals surface area contributed by atoms with Gasteiger partial charge in [-0.15, -0.1) is 0 Å². The van der Waals surface area contributed by atoms with Crippen molar-refractivity contribution in [3.05, 3.63) is 137 Å². The Hall–Kier alpha value is -3.44. The van der Waals surface area contributed by atoms with Crippen molar-refractivity contribution in [2.75, 3.05) is 19.8 Å². The minimum atomic E-state index is -0.893. The van der Waals surface area contributed by atoms with E-state index in [4.69, 9.17) is 14.2 Å². The monoisotopic (exact) mass is 452 g/mol. The number of hydrogen-bond acceptors (Lipinski definition) is 4. The van der Waals surface area contributed by atoms with E-state index in [0.717, 1.165) is 27.8 Å². The molecule has 0 atom stereocenters. The first-order valence-corrected chi connectivity index (χ1v) is 11.6. The molecule has 0 amide bonds. The van der Waals surface area contributed by atoms with Crippen molar-refractivity contribution in [2.45, 2.75) is 18.3 Å². The van der Waals surface area contributed by atoms with Crippen molar-refractivity contribution in [1.29, 1.82) is 0 Å². The molecule has 1 fully saturated rings. The predicted molar refractivity (Wildman–Crippen MR) is 132 cm³/mol. The molecule has 4 heteroatoms. The number of ether oxygens (including phenoxy) is 3. The van der Waals surface area contributed by atoms with E-state index in [1.165, 1.54) is 0 Å². The lowest BCUT2D eigenvalue weighted by Crippen LogP contribution is -2.36. The van der Waals surface area contributed by atoms with Gasteiger partial charge in [-0.25, -0.2) is 0 Å². The van der Waals surface area contributed by atoms with Crippen LogP contribution in [0.1, 0.15) is 34.1 Å². The van der Waals surface area contributed by atoms with Gasteiger partial charge in [0.25, 0.3) is 0 Å². The number of hydrogen-bond donors (Lipinski definition) is 1. The lowest BCUT2D eigenvalue weighted by atomic mass is 9.80. The first-order chi connectivity index (χ1) is 16.8. The first-order valence-electron chi connectivity index (χ1n) is 11.6. The molecule has 34 heavy (non-hydrogen) atoms. The molecule has 1 heterocycles. The summed E-state index contributed by atoms with van der Waals surface area (Å²) in [5, 5.41) is 9.48. The number of aliphatic hydroxyl groups excluding tert-OH is 1. The fourth-order valence-corrected chi connectivity index (χ4v) is 4.56. The molecule has 5 rings (SSSR count).